The molecule has 1 heterocycles. The Labute approximate surface area is 95.3 Å². The zero-order valence-electron chi connectivity index (χ0n) is 9.22. The number of benzene rings is 1. The van der Waals surface area contributed by atoms with E-state index in [2.05, 4.69) is 0 Å². The van der Waals surface area contributed by atoms with Crippen LogP contribution in [0.5, 0.6) is 11.5 Å². The van der Waals surface area contributed by atoms with Crippen molar-refractivity contribution in [2.45, 2.75) is 12.5 Å². The third kappa shape index (κ3) is 2.87. The van der Waals surface area contributed by atoms with Gasteiger partial charge in [0.15, 0.2) is 17.6 Å². The van der Waals surface area contributed by atoms with E-state index in [1.807, 2.05) is 24.3 Å². The van der Waals surface area contributed by atoms with Gasteiger partial charge >= 0.3 is 0 Å². The Morgan fingerprint density at radius 3 is 2.94 bits per heavy atom. The van der Waals surface area contributed by atoms with Gasteiger partial charge in [0.1, 0.15) is 6.61 Å². The Morgan fingerprint density at radius 2 is 2.12 bits per heavy atom. The molecule has 0 fully saturated rings. The molecule has 4 nitrogen and oxygen atoms in total. The van der Waals surface area contributed by atoms with Crippen LogP contribution in [0.25, 0.3) is 0 Å². The molecule has 2 N–H and O–H groups in total. The van der Waals surface area contributed by atoms with E-state index in [-0.39, 0.29) is 6.10 Å². The van der Waals surface area contributed by atoms with Crippen LogP contribution in [-0.4, -0.2) is 32.5 Å². The van der Waals surface area contributed by atoms with E-state index in [0.717, 1.165) is 17.9 Å². The summed E-state index contributed by atoms with van der Waals surface area (Å²) in [5.74, 6) is 1.60. The molecule has 0 aliphatic carbocycles. The van der Waals surface area contributed by atoms with Crippen molar-refractivity contribution in [3.63, 3.8) is 0 Å². The number of hydrogen-bond acceptors (Lipinski definition) is 4. The molecule has 0 saturated carbocycles. The van der Waals surface area contributed by atoms with Gasteiger partial charge in [0.25, 0.3) is 0 Å². The Kier molecular flexibility index (Phi) is 4.02. The maximum absolute atomic E-state index is 5.73. The largest absolute Gasteiger partial charge is 0.486 e. The first-order chi connectivity index (χ1) is 7.90. The third-order valence-electron chi connectivity index (χ3n) is 2.36. The van der Waals surface area contributed by atoms with Gasteiger partial charge in [-0.15, -0.1) is 0 Å². The fourth-order valence-electron chi connectivity index (χ4n) is 1.55. The standard InChI is InChI=1S/C12H17NO3/c13-6-3-7-14-8-10-9-15-11-4-1-2-5-12(11)16-10/h1-2,4-5,10H,3,6-9,13H2. The number of para-hydroxylation sites is 2. The van der Waals surface area contributed by atoms with Crippen molar-refractivity contribution in [1.29, 1.82) is 0 Å². The first-order valence-electron chi connectivity index (χ1n) is 5.56. The summed E-state index contributed by atoms with van der Waals surface area (Å²) in [5, 5.41) is 0. The Hall–Kier alpha value is -1.26. The topological polar surface area (TPSA) is 53.7 Å². The minimum atomic E-state index is -0.0207. The van der Waals surface area contributed by atoms with Crippen molar-refractivity contribution >= 4 is 0 Å². The number of nitrogens with two attached hydrogens (primary N) is 1. The number of ether oxygens (including phenoxy) is 3. The summed E-state index contributed by atoms with van der Waals surface area (Å²) >= 11 is 0. The molecule has 4 heteroatoms. The summed E-state index contributed by atoms with van der Waals surface area (Å²) in [5.41, 5.74) is 5.38. The molecule has 88 valence electrons. The van der Waals surface area contributed by atoms with Crippen LogP contribution in [0.1, 0.15) is 6.42 Å². The van der Waals surface area contributed by atoms with Crippen LogP contribution in [0.3, 0.4) is 0 Å². The average molecular weight is 223 g/mol. The fourth-order valence-corrected chi connectivity index (χ4v) is 1.55. The zero-order valence-corrected chi connectivity index (χ0v) is 9.22. The SMILES string of the molecule is NCCCOCC1COc2ccccc2O1. The molecule has 1 atom stereocenters. The van der Waals surface area contributed by atoms with E-state index >= 15 is 0 Å². The normalized spacial score (nSPS) is 18.4. The molecule has 0 radical (unpaired) electrons. The van der Waals surface area contributed by atoms with Crippen LogP contribution in [0, 0.1) is 0 Å². The molecule has 2 rings (SSSR count). The molecule has 16 heavy (non-hydrogen) atoms. The lowest BCUT2D eigenvalue weighted by molar-refractivity contribution is 0.00863. The van der Waals surface area contributed by atoms with Crippen molar-refractivity contribution in [2.24, 2.45) is 5.73 Å². The molecule has 1 unspecified atom stereocenters. The van der Waals surface area contributed by atoms with Crippen molar-refractivity contribution < 1.29 is 14.2 Å². The van der Waals surface area contributed by atoms with Gasteiger partial charge in [0, 0.05) is 6.61 Å². The molecule has 1 aliphatic rings. The Bertz CT molecular complexity index is 330. The molecule has 1 aliphatic heterocycles. The lowest BCUT2D eigenvalue weighted by Gasteiger charge is -2.26. The second-order valence-electron chi connectivity index (χ2n) is 3.71. The minimum Gasteiger partial charge on any atom is -0.486 e. The Balaban J connectivity index is 1.79. The predicted octanol–water partition coefficient (Wildman–Crippen LogP) is 1.19. The third-order valence-corrected chi connectivity index (χ3v) is 2.36. The van der Waals surface area contributed by atoms with Gasteiger partial charge in [-0.1, -0.05) is 12.1 Å². The second kappa shape index (κ2) is 5.72. The predicted molar refractivity (Wildman–Crippen MR) is 60.8 cm³/mol. The first kappa shape index (κ1) is 11.2. The second-order valence-corrected chi connectivity index (χ2v) is 3.71. The van der Waals surface area contributed by atoms with Crippen LogP contribution in [-0.2, 0) is 4.74 Å². The minimum absolute atomic E-state index is 0.0207. The summed E-state index contributed by atoms with van der Waals surface area (Å²) < 4.78 is 16.7. The van der Waals surface area contributed by atoms with Crippen LogP contribution in [0.15, 0.2) is 24.3 Å². The molecule has 1 aromatic rings. The van der Waals surface area contributed by atoms with Crippen molar-refractivity contribution in [1.82, 2.24) is 0 Å². The number of rotatable bonds is 5. The lowest BCUT2D eigenvalue weighted by atomic mass is 10.3. The zero-order chi connectivity index (χ0) is 11.2. The monoisotopic (exact) mass is 223 g/mol. The van der Waals surface area contributed by atoms with Crippen molar-refractivity contribution in [3.05, 3.63) is 24.3 Å². The van der Waals surface area contributed by atoms with Gasteiger partial charge in [0.2, 0.25) is 0 Å². The molecule has 1 aromatic carbocycles. The summed E-state index contributed by atoms with van der Waals surface area (Å²) in [6, 6.07) is 7.67. The van der Waals surface area contributed by atoms with Gasteiger partial charge < -0.3 is 19.9 Å². The molecule has 0 amide bonds. The maximum atomic E-state index is 5.73. The van der Waals surface area contributed by atoms with E-state index in [1.54, 1.807) is 0 Å². The quantitative estimate of drug-likeness (QED) is 0.762. The van der Waals surface area contributed by atoms with E-state index in [4.69, 9.17) is 19.9 Å². The number of fused-ring (bicyclic) bond motifs is 1. The first-order valence-corrected chi connectivity index (χ1v) is 5.56. The van der Waals surface area contributed by atoms with E-state index in [9.17, 15) is 0 Å². The smallest absolute Gasteiger partial charge is 0.161 e. The lowest BCUT2D eigenvalue weighted by Crippen LogP contribution is -2.33. The van der Waals surface area contributed by atoms with Crippen LogP contribution >= 0.6 is 0 Å². The highest BCUT2D eigenvalue weighted by molar-refractivity contribution is 5.40. The fraction of sp³-hybridized carbons (Fsp3) is 0.500. The molecule has 0 spiro atoms. The summed E-state index contributed by atoms with van der Waals surface area (Å²) in [4.78, 5) is 0. The molecular formula is C12H17NO3. The van der Waals surface area contributed by atoms with Crippen molar-refractivity contribution in [2.75, 3.05) is 26.4 Å². The highest BCUT2D eigenvalue weighted by atomic mass is 16.6. The maximum Gasteiger partial charge on any atom is 0.161 e. The van der Waals surface area contributed by atoms with Gasteiger partial charge in [-0.3, -0.25) is 0 Å². The van der Waals surface area contributed by atoms with E-state index in [1.165, 1.54) is 0 Å². The highest BCUT2D eigenvalue weighted by Crippen LogP contribution is 2.30. The molecule has 0 bridgehead atoms. The number of hydrogen-bond donors (Lipinski definition) is 1. The summed E-state index contributed by atoms with van der Waals surface area (Å²) in [6.07, 6.45) is 0.858. The van der Waals surface area contributed by atoms with E-state index in [0.29, 0.717) is 26.4 Å². The average Bonchev–Trinajstić information content (AvgIpc) is 2.34. The molecule has 0 aromatic heterocycles. The molecular weight excluding hydrogens is 206 g/mol. The Morgan fingerprint density at radius 1 is 1.31 bits per heavy atom. The van der Waals surface area contributed by atoms with Gasteiger partial charge in [0.05, 0.1) is 6.61 Å². The highest BCUT2D eigenvalue weighted by Gasteiger charge is 2.20. The van der Waals surface area contributed by atoms with Crippen molar-refractivity contribution in [3.8, 4) is 11.5 Å². The summed E-state index contributed by atoms with van der Waals surface area (Å²) in [7, 11) is 0. The molecule has 0 saturated heterocycles. The van der Waals surface area contributed by atoms with E-state index < -0.39 is 0 Å². The van der Waals surface area contributed by atoms with Crippen LogP contribution < -0.4 is 15.2 Å². The van der Waals surface area contributed by atoms with Gasteiger partial charge in [-0.25, -0.2) is 0 Å². The van der Waals surface area contributed by atoms with Crippen LogP contribution in [0.4, 0.5) is 0 Å². The van der Waals surface area contributed by atoms with Gasteiger partial charge in [-0.05, 0) is 25.1 Å². The van der Waals surface area contributed by atoms with Gasteiger partial charge in [-0.2, -0.15) is 0 Å². The van der Waals surface area contributed by atoms with Crippen LogP contribution in [0.2, 0.25) is 0 Å². The summed E-state index contributed by atoms with van der Waals surface area (Å²) in [6.45, 7) is 2.43.